The predicted octanol–water partition coefficient (Wildman–Crippen LogP) is 0.962. The molecule has 2 rings (SSSR count). The Kier molecular flexibility index (Phi) is 5.27. The van der Waals surface area contributed by atoms with Crippen LogP contribution in [0.1, 0.15) is 6.92 Å². The molecular weight excluding hydrogens is 270 g/mol. The molecule has 1 aliphatic heterocycles. The van der Waals surface area contributed by atoms with E-state index < -0.39 is 0 Å². The number of esters is 1. The molecule has 0 amide bonds. The van der Waals surface area contributed by atoms with Gasteiger partial charge in [-0.3, -0.25) is 9.69 Å². The van der Waals surface area contributed by atoms with Gasteiger partial charge in [-0.2, -0.15) is 0 Å². The van der Waals surface area contributed by atoms with E-state index in [1.807, 2.05) is 25.1 Å². The molecule has 1 fully saturated rings. The second kappa shape index (κ2) is 7.17. The molecule has 1 aromatic rings. The minimum atomic E-state index is -0.153. The van der Waals surface area contributed by atoms with Crippen molar-refractivity contribution in [2.24, 2.45) is 0 Å². The van der Waals surface area contributed by atoms with Crippen molar-refractivity contribution in [2.45, 2.75) is 6.92 Å². The van der Waals surface area contributed by atoms with Crippen molar-refractivity contribution in [3.8, 4) is 5.75 Å². The normalized spacial score (nSPS) is 15.8. The van der Waals surface area contributed by atoms with Crippen molar-refractivity contribution >= 4 is 17.3 Å². The van der Waals surface area contributed by atoms with Gasteiger partial charge >= 0.3 is 5.97 Å². The van der Waals surface area contributed by atoms with Crippen LogP contribution in [-0.2, 0) is 9.53 Å². The van der Waals surface area contributed by atoms with Crippen LogP contribution in [0.25, 0.3) is 0 Å². The van der Waals surface area contributed by atoms with E-state index in [0.29, 0.717) is 24.6 Å². The van der Waals surface area contributed by atoms with Gasteiger partial charge in [-0.15, -0.1) is 0 Å². The van der Waals surface area contributed by atoms with Crippen LogP contribution in [0.15, 0.2) is 18.2 Å². The van der Waals surface area contributed by atoms with Gasteiger partial charge in [0.15, 0.2) is 0 Å². The zero-order valence-electron chi connectivity index (χ0n) is 12.7. The number of anilines is 2. The standard InChI is InChI=1S/C15H23N3O3/c1-3-21-15(19)11-17-6-8-18(9-7-17)12-4-5-13(16)14(10-12)20-2/h4-5,10H,3,6-9,11,16H2,1-2H3. The first-order valence-corrected chi connectivity index (χ1v) is 7.20. The number of nitrogens with zero attached hydrogens (tertiary/aromatic N) is 2. The Balaban J connectivity index is 1.90. The zero-order chi connectivity index (χ0) is 15.2. The summed E-state index contributed by atoms with van der Waals surface area (Å²) in [7, 11) is 1.62. The summed E-state index contributed by atoms with van der Waals surface area (Å²) in [6.07, 6.45) is 0. The van der Waals surface area contributed by atoms with E-state index in [1.165, 1.54) is 0 Å². The Morgan fingerprint density at radius 1 is 1.29 bits per heavy atom. The molecule has 6 nitrogen and oxygen atoms in total. The average molecular weight is 293 g/mol. The summed E-state index contributed by atoms with van der Waals surface area (Å²) in [6, 6.07) is 5.81. The Bertz CT molecular complexity index is 485. The highest BCUT2D eigenvalue weighted by atomic mass is 16.5. The average Bonchev–Trinajstić information content (AvgIpc) is 2.49. The number of carbonyl (C=O) groups excluding carboxylic acids is 1. The zero-order valence-corrected chi connectivity index (χ0v) is 12.7. The lowest BCUT2D eigenvalue weighted by Crippen LogP contribution is -2.48. The largest absolute Gasteiger partial charge is 0.495 e. The van der Waals surface area contributed by atoms with Crippen LogP contribution in [0.2, 0.25) is 0 Å². The Morgan fingerprint density at radius 2 is 2.00 bits per heavy atom. The fourth-order valence-electron chi connectivity index (χ4n) is 2.45. The molecule has 0 saturated carbocycles. The molecule has 6 heteroatoms. The van der Waals surface area contributed by atoms with Crippen molar-refractivity contribution in [1.82, 2.24) is 4.90 Å². The Hall–Kier alpha value is -1.95. The molecule has 0 radical (unpaired) electrons. The Morgan fingerprint density at radius 3 is 2.62 bits per heavy atom. The van der Waals surface area contributed by atoms with Gasteiger partial charge in [-0.1, -0.05) is 0 Å². The summed E-state index contributed by atoms with van der Waals surface area (Å²) in [5.41, 5.74) is 7.57. The van der Waals surface area contributed by atoms with Crippen molar-refractivity contribution in [3.63, 3.8) is 0 Å². The smallest absolute Gasteiger partial charge is 0.320 e. The number of hydrogen-bond acceptors (Lipinski definition) is 6. The second-order valence-electron chi connectivity index (χ2n) is 4.99. The first kappa shape index (κ1) is 15.4. The van der Waals surface area contributed by atoms with Crippen LogP contribution < -0.4 is 15.4 Å². The molecule has 21 heavy (non-hydrogen) atoms. The number of ether oxygens (including phenoxy) is 2. The maximum absolute atomic E-state index is 11.5. The van der Waals surface area contributed by atoms with Crippen LogP contribution in [-0.4, -0.2) is 57.3 Å². The van der Waals surface area contributed by atoms with Gasteiger partial charge in [0.05, 0.1) is 25.9 Å². The highest BCUT2D eigenvalue weighted by molar-refractivity contribution is 5.71. The van der Waals surface area contributed by atoms with Gasteiger partial charge in [-0.05, 0) is 19.1 Å². The molecule has 0 aromatic heterocycles. The molecule has 0 unspecified atom stereocenters. The molecule has 1 aromatic carbocycles. The van der Waals surface area contributed by atoms with E-state index in [-0.39, 0.29) is 5.97 Å². The fraction of sp³-hybridized carbons (Fsp3) is 0.533. The SMILES string of the molecule is CCOC(=O)CN1CCN(c2ccc(N)c(OC)c2)CC1. The maximum Gasteiger partial charge on any atom is 0.320 e. The van der Waals surface area contributed by atoms with Crippen molar-refractivity contribution in [2.75, 3.05) is 57.1 Å². The summed E-state index contributed by atoms with van der Waals surface area (Å²) in [4.78, 5) is 15.9. The van der Waals surface area contributed by atoms with Crippen LogP contribution >= 0.6 is 0 Å². The van der Waals surface area contributed by atoms with Crippen LogP contribution in [0, 0.1) is 0 Å². The molecule has 0 atom stereocenters. The molecule has 1 aliphatic rings. The molecule has 116 valence electrons. The molecule has 1 heterocycles. The van der Waals surface area contributed by atoms with E-state index in [9.17, 15) is 4.79 Å². The highest BCUT2D eigenvalue weighted by Crippen LogP contribution is 2.27. The minimum absolute atomic E-state index is 0.153. The van der Waals surface area contributed by atoms with Crippen molar-refractivity contribution < 1.29 is 14.3 Å². The van der Waals surface area contributed by atoms with Gasteiger partial charge in [0.2, 0.25) is 0 Å². The second-order valence-corrected chi connectivity index (χ2v) is 4.99. The van der Waals surface area contributed by atoms with Gasteiger partial charge in [0.25, 0.3) is 0 Å². The van der Waals surface area contributed by atoms with E-state index in [2.05, 4.69) is 9.80 Å². The molecule has 1 saturated heterocycles. The lowest BCUT2D eigenvalue weighted by Gasteiger charge is -2.35. The maximum atomic E-state index is 11.5. The number of hydrogen-bond donors (Lipinski definition) is 1. The van der Waals surface area contributed by atoms with E-state index in [1.54, 1.807) is 7.11 Å². The molecule has 2 N–H and O–H groups in total. The number of carbonyl (C=O) groups is 1. The van der Waals surface area contributed by atoms with Crippen LogP contribution in [0.4, 0.5) is 11.4 Å². The third-order valence-corrected chi connectivity index (χ3v) is 3.61. The number of benzene rings is 1. The first-order valence-electron chi connectivity index (χ1n) is 7.20. The predicted molar refractivity (Wildman–Crippen MR) is 82.7 cm³/mol. The van der Waals surface area contributed by atoms with Crippen molar-refractivity contribution in [3.05, 3.63) is 18.2 Å². The molecular formula is C15H23N3O3. The number of rotatable bonds is 5. The monoisotopic (exact) mass is 293 g/mol. The van der Waals surface area contributed by atoms with Gasteiger partial charge < -0.3 is 20.1 Å². The highest BCUT2D eigenvalue weighted by Gasteiger charge is 2.20. The minimum Gasteiger partial charge on any atom is -0.495 e. The van der Waals surface area contributed by atoms with E-state index >= 15 is 0 Å². The quantitative estimate of drug-likeness (QED) is 0.644. The fourth-order valence-corrected chi connectivity index (χ4v) is 2.45. The summed E-state index contributed by atoms with van der Waals surface area (Å²) in [5.74, 6) is 0.543. The molecule has 0 spiro atoms. The number of methoxy groups -OCH3 is 1. The summed E-state index contributed by atoms with van der Waals surface area (Å²) in [6.45, 7) is 6.04. The number of piperazine rings is 1. The lowest BCUT2D eigenvalue weighted by atomic mass is 10.2. The molecule has 0 bridgehead atoms. The van der Waals surface area contributed by atoms with E-state index in [4.69, 9.17) is 15.2 Å². The number of nitrogens with two attached hydrogens (primary N) is 1. The van der Waals surface area contributed by atoms with Gasteiger partial charge in [0.1, 0.15) is 5.75 Å². The summed E-state index contributed by atoms with van der Waals surface area (Å²) >= 11 is 0. The Labute approximate surface area is 125 Å². The summed E-state index contributed by atoms with van der Waals surface area (Å²) in [5, 5.41) is 0. The summed E-state index contributed by atoms with van der Waals surface area (Å²) < 4.78 is 10.2. The van der Waals surface area contributed by atoms with Crippen molar-refractivity contribution in [1.29, 1.82) is 0 Å². The van der Waals surface area contributed by atoms with E-state index in [0.717, 1.165) is 31.9 Å². The lowest BCUT2D eigenvalue weighted by molar-refractivity contribution is -0.144. The topological polar surface area (TPSA) is 68.0 Å². The van der Waals surface area contributed by atoms with Crippen LogP contribution in [0.5, 0.6) is 5.75 Å². The van der Waals surface area contributed by atoms with Crippen LogP contribution in [0.3, 0.4) is 0 Å². The first-order chi connectivity index (χ1) is 10.1. The number of nitrogen functional groups attached to an aromatic ring is 1. The van der Waals surface area contributed by atoms with Gasteiger partial charge in [0, 0.05) is 37.9 Å². The third kappa shape index (κ3) is 4.01. The van der Waals surface area contributed by atoms with Gasteiger partial charge in [-0.25, -0.2) is 0 Å². The third-order valence-electron chi connectivity index (χ3n) is 3.61. The molecule has 0 aliphatic carbocycles.